The number of carboxylic acid groups (broad SMARTS) is 1. The number of alkyl halides is 2. The number of halogens is 2. The zero-order chi connectivity index (χ0) is 16.0. The third-order valence-electron chi connectivity index (χ3n) is 2.90. The quantitative estimate of drug-likeness (QED) is 0.772. The highest BCUT2D eigenvalue weighted by molar-refractivity contribution is 5.73. The number of carbonyl (C=O) groups is 1. The Morgan fingerprint density at radius 2 is 2.00 bits per heavy atom. The SMILES string of the molecule is COc1ccc(CN[C@@H](C(=O)O)C(C)C)cc1OC(F)F. The minimum atomic E-state index is -2.95. The van der Waals surface area contributed by atoms with Crippen molar-refractivity contribution in [2.75, 3.05) is 7.11 Å². The van der Waals surface area contributed by atoms with Crippen molar-refractivity contribution < 1.29 is 28.2 Å². The highest BCUT2D eigenvalue weighted by atomic mass is 19.3. The van der Waals surface area contributed by atoms with E-state index in [-0.39, 0.29) is 24.0 Å². The lowest BCUT2D eigenvalue weighted by Crippen LogP contribution is -2.40. The first-order valence-corrected chi connectivity index (χ1v) is 6.43. The summed E-state index contributed by atoms with van der Waals surface area (Å²) in [4.78, 5) is 11.1. The van der Waals surface area contributed by atoms with Crippen molar-refractivity contribution in [2.24, 2.45) is 5.92 Å². The van der Waals surface area contributed by atoms with Crippen LogP contribution in [0.1, 0.15) is 19.4 Å². The van der Waals surface area contributed by atoms with Gasteiger partial charge >= 0.3 is 12.6 Å². The van der Waals surface area contributed by atoms with Gasteiger partial charge in [-0.2, -0.15) is 8.78 Å². The average molecular weight is 303 g/mol. The number of benzene rings is 1. The summed E-state index contributed by atoms with van der Waals surface area (Å²) in [6.07, 6.45) is 0. The summed E-state index contributed by atoms with van der Waals surface area (Å²) < 4.78 is 34.0. The number of carboxylic acids is 1. The molecule has 1 rings (SSSR count). The molecule has 0 saturated heterocycles. The molecule has 0 unspecified atom stereocenters. The molecule has 2 N–H and O–H groups in total. The molecule has 0 saturated carbocycles. The molecule has 0 amide bonds. The van der Waals surface area contributed by atoms with Crippen LogP contribution in [0.4, 0.5) is 8.78 Å². The molecular formula is C14H19F2NO4. The van der Waals surface area contributed by atoms with Gasteiger partial charge in [-0.15, -0.1) is 0 Å². The van der Waals surface area contributed by atoms with Gasteiger partial charge in [-0.1, -0.05) is 19.9 Å². The Labute approximate surface area is 121 Å². The molecular weight excluding hydrogens is 284 g/mol. The van der Waals surface area contributed by atoms with E-state index in [9.17, 15) is 13.6 Å². The second-order valence-corrected chi connectivity index (χ2v) is 4.80. The lowest BCUT2D eigenvalue weighted by atomic mass is 10.0. The smallest absolute Gasteiger partial charge is 0.387 e. The molecule has 0 bridgehead atoms. The standard InChI is InChI=1S/C14H19F2NO4/c1-8(2)12(13(18)19)17-7-9-4-5-10(20-3)11(6-9)21-14(15)16/h4-6,8,12,14,17H,7H2,1-3H3,(H,18,19)/t12-/m1/s1. The number of rotatable bonds is 8. The van der Waals surface area contributed by atoms with E-state index in [0.29, 0.717) is 5.56 Å². The summed E-state index contributed by atoms with van der Waals surface area (Å²) in [6.45, 7) is 0.833. The fourth-order valence-corrected chi connectivity index (χ4v) is 1.86. The fraction of sp³-hybridized carbons (Fsp3) is 0.500. The maximum Gasteiger partial charge on any atom is 0.387 e. The first kappa shape index (κ1) is 17.2. The molecule has 0 fully saturated rings. The van der Waals surface area contributed by atoms with E-state index < -0.39 is 18.6 Å². The van der Waals surface area contributed by atoms with Gasteiger partial charge in [-0.3, -0.25) is 4.79 Å². The van der Waals surface area contributed by atoms with Crippen molar-refractivity contribution in [1.82, 2.24) is 5.32 Å². The lowest BCUT2D eigenvalue weighted by molar-refractivity contribution is -0.140. The van der Waals surface area contributed by atoms with Crippen LogP contribution in [-0.2, 0) is 11.3 Å². The van der Waals surface area contributed by atoms with Gasteiger partial charge in [0.15, 0.2) is 11.5 Å². The lowest BCUT2D eigenvalue weighted by Gasteiger charge is -2.18. The molecule has 7 heteroatoms. The number of hydrogen-bond donors (Lipinski definition) is 2. The number of ether oxygens (including phenoxy) is 2. The highest BCUT2D eigenvalue weighted by Crippen LogP contribution is 2.29. The Hall–Kier alpha value is -1.89. The van der Waals surface area contributed by atoms with E-state index in [1.54, 1.807) is 19.9 Å². The Bertz CT molecular complexity index is 480. The largest absolute Gasteiger partial charge is 0.493 e. The summed E-state index contributed by atoms with van der Waals surface area (Å²) in [6, 6.07) is 3.84. The molecule has 118 valence electrons. The van der Waals surface area contributed by atoms with Crippen LogP contribution in [0.2, 0.25) is 0 Å². The van der Waals surface area contributed by atoms with E-state index in [1.807, 2.05) is 0 Å². The van der Waals surface area contributed by atoms with E-state index in [0.717, 1.165) is 0 Å². The van der Waals surface area contributed by atoms with E-state index in [4.69, 9.17) is 9.84 Å². The fourth-order valence-electron chi connectivity index (χ4n) is 1.86. The van der Waals surface area contributed by atoms with Crippen molar-refractivity contribution in [3.8, 4) is 11.5 Å². The Kier molecular flexibility index (Phi) is 6.36. The van der Waals surface area contributed by atoms with Crippen LogP contribution in [0.15, 0.2) is 18.2 Å². The molecule has 0 radical (unpaired) electrons. The van der Waals surface area contributed by atoms with Crippen LogP contribution in [0.25, 0.3) is 0 Å². The van der Waals surface area contributed by atoms with Gasteiger partial charge in [0, 0.05) is 6.54 Å². The topological polar surface area (TPSA) is 67.8 Å². The molecule has 0 heterocycles. The third-order valence-corrected chi connectivity index (χ3v) is 2.90. The number of methoxy groups -OCH3 is 1. The maximum absolute atomic E-state index is 12.3. The highest BCUT2D eigenvalue weighted by Gasteiger charge is 2.20. The van der Waals surface area contributed by atoms with E-state index in [1.165, 1.54) is 19.2 Å². The maximum atomic E-state index is 12.3. The summed E-state index contributed by atoms with van der Waals surface area (Å²) in [7, 11) is 1.35. The van der Waals surface area contributed by atoms with Crippen LogP contribution in [0, 0.1) is 5.92 Å². The third kappa shape index (κ3) is 5.18. The molecule has 0 spiro atoms. The van der Waals surface area contributed by atoms with Crippen molar-refractivity contribution in [2.45, 2.75) is 33.0 Å². The summed E-state index contributed by atoms with van der Waals surface area (Å²) in [5, 5.41) is 11.9. The minimum absolute atomic E-state index is 0.0804. The molecule has 0 aliphatic rings. The normalized spacial score (nSPS) is 12.5. The monoisotopic (exact) mass is 303 g/mol. The predicted octanol–water partition coefficient (Wildman–Crippen LogP) is 2.50. The predicted molar refractivity (Wildman–Crippen MR) is 72.7 cm³/mol. The Morgan fingerprint density at radius 3 is 2.48 bits per heavy atom. The first-order chi connectivity index (χ1) is 9.85. The molecule has 1 aromatic rings. The van der Waals surface area contributed by atoms with Crippen molar-refractivity contribution in [3.05, 3.63) is 23.8 Å². The molecule has 0 aromatic heterocycles. The number of nitrogens with one attached hydrogen (secondary N) is 1. The second-order valence-electron chi connectivity index (χ2n) is 4.80. The summed E-state index contributed by atoms with van der Waals surface area (Å²) in [5.74, 6) is -0.944. The van der Waals surface area contributed by atoms with Gasteiger partial charge in [0.25, 0.3) is 0 Å². The zero-order valence-corrected chi connectivity index (χ0v) is 12.1. The van der Waals surface area contributed by atoms with Crippen molar-refractivity contribution in [1.29, 1.82) is 0 Å². The first-order valence-electron chi connectivity index (χ1n) is 6.43. The molecule has 1 atom stereocenters. The van der Waals surface area contributed by atoms with Gasteiger partial charge < -0.3 is 19.9 Å². The average Bonchev–Trinajstić information content (AvgIpc) is 2.37. The summed E-state index contributed by atoms with van der Waals surface area (Å²) >= 11 is 0. The number of aliphatic carboxylic acids is 1. The number of hydrogen-bond acceptors (Lipinski definition) is 4. The van der Waals surface area contributed by atoms with Crippen LogP contribution in [0.3, 0.4) is 0 Å². The van der Waals surface area contributed by atoms with Crippen molar-refractivity contribution in [3.63, 3.8) is 0 Å². The van der Waals surface area contributed by atoms with Crippen LogP contribution >= 0.6 is 0 Å². The van der Waals surface area contributed by atoms with Crippen LogP contribution in [-0.4, -0.2) is 30.8 Å². The van der Waals surface area contributed by atoms with Crippen LogP contribution < -0.4 is 14.8 Å². The van der Waals surface area contributed by atoms with Gasteiger partial charge in [0.05, 0.1) is 7.11 Å². The summed E-state index contributed by atoms with van der Waals surface area (Å²) in [5.41, 5.74) is 0.623. The zero-order valence-electron chi connectivity index (χ0n) is 12.1. The Balaban J connectivity index is 2.82. The molecule has 1 aromatic carbocycles. The van der Waals surface area contributed by atoms with Crippen LogP contribution in [0.5, 0.6) is 11.5 Å². The molecule has 0 aliphatic heterocycles. The molecule has 21 heavy (non-hydrogen) atoms. The van der Waals surface area contributed by atoms with E-state index in [2.05, 4.69) is 10.1 Å². The van der Waals surface area contributed by atoms with Crippen molar-refractivity contribution >= 4 is 5.97 Å². The van der Waals surface area contributed by atoms with E-state index >= 15 is 0 Å². The minimum Gasteiger partial charge on any atom is -0.493 e. The van der Waals surface area contributed by atoms with Gasteiger partial charge in [0.1, 0.15) is 6.04 Å². The van der Waals surface area contributed by atoms with Gasteiger partial charge in [-0.25, -0.2) is 0 Å². The molecule has 5 nitrogen and oxygen atoms in total. The Morgan fingerprint density at radius 1 is 1.33 bits per heavy atom. The second kappa shape index (κ2) is 7.78. The van der Waals surface area contributed by atoms with Gasteiger partial charge in [-0.05, 0) is 23.6 Å². The molecule has 0 aliphatic carbocycles. The van der Waals surface area contributed by atoms with Gasteiger partial charge in [0.2, 0.25) is 0 Å².